The lowest BCUT2D eigenvalue weighted by Crippen LogP contribution is -2.34. The van der Waals surface area contributed by atoms with Crippen molar-refractivity contribution in [1.29, 1.82) is 0 Å². The Hall–Kier alpha value is -4.68. The van der Waals surface area contributed by atoms with E-state index in [9.17, 15) is 4.79 Å². The Bertz CT molecular complexity index is 2070. The molecule has 1 aliphatic heterocycles. The Morgan fingerprint density at radius 2 is 1.73 bits per heavy atom. The van der Waals surface area contributed by atoms with Gasteiger partial charge in [-0.15, -0.1) is 0 Å². The van der Waals surface area contributed by atoms with Crippen LogP contribution in [0.3, 0.4) is 0 Å². The van der Waals surface area contributed by atoms with E-state index in [1.165, 1.54) is 38.2 Å². The Morgan fingerprint density at radius 1 is 0.911 bits per heavy atom. The van der Waals surface area contributed by atoms with Crippen molar-refractivity contribution >= 4 is 44.0 Å². The van der Waals surface area contributed by atoms with Gasteiger partial charge in [0.15, 0.2) is 0 Å². The highest BCUT2D eigenvalue weighted by atomic mass is 16.3. The minimum Gasteiger partial charge on any atom is -0.468 e. The van der Waals surface area contributed by atoms with Gasteiger partial charge in [-0.25, -0.2) is 0 Å². The zero-order valence-electron chi connectivity index (χ0n) is 25.5. The normalized spacial score (nSPS) is 17.6. The number of fused-ring (bicyclic) bond motifs is 6. The fourth-order valence-corrected chi connectivity index (χ4v) is 8.01. The van der Waals surface area contributed by atoms with E-state index in [2.05, 4.69) is 64.5 Å². The summed E-state index contributed by atoms with van der Waals surface area (Å²) in [4.78, 5) is 19.1. The van der Waals surface area contributed by atoms with Crippen molar-refractivity contribution in [2.24, 2.45) is 11.7 Å². The molecular weight excluding hydrogens is 556 g/mol. The molecule has 45 heavy (non-hydrogen) atoms. The van der Waals surface area contributed by atoms with Gasteiger partial charge in [-0.3, -0.25) is 14.7 Å². The number of primary amides is 1. The van der Waals surface area contributed by atoms with E-state index in [0.29, 0.717) is 28.6 Å². The van der Waals surface area contributed by atoms with E-state index in [1.807, 2.05) is 24.5 Å². The first-order valence-electron chi connectivity index (χ1n) is 16.2. The van der Waals surface area contributed by atoms with E-state index < -0.39 is 5.91 Å². The van der Waals surface area contributed by atoms with Gasteiger partial charge >= 0.3 is 0 Å². The molecule has 0 spiro atoms. The number of hydrogen-bond donors (Lipinski definition) is 2. The molecule has 3 heterocycles. The summed E-state index contributed by atoms with van der Waals surface area (Å²) >= 11 is 0. The number of nitrogens with two attached hydrogens (primary N) is 2. The molecule has 6 aromatic rings. The summed E-state index contributed by atoms with van der Waals surface area (Å²) in [7, 11) is 0. The standard InChI is InChI=1S/C39H38N4O2/c40-37-28(22-35(39(41)44)38-33(37)6-3-16-42-38)20-24-13-17-43(18-14-24)23-36-30(15-19-45-36)27-8-7-26-10-11-31-29-5-2-1-4-25(29)9-12-32(31)34(26)21-27/h1-6,9-12,15-16,19,22,24,27H,7-8,13-14,17-18,20-21,23,40H2,(H2,41,44). The van der Waals surface area contributed by atoms with E-state index in [-0.39, 0.29) is 0 Å². The SMILES string of the molecule is NC(=O)c1cc(CC2CCN(Cc3occc3C3CCc4ccc5c(ccc6ccccc65)c4C3)CC2)c(N)c2cccnc12. The highest BCUT2D eigenvalue weighted by Gasteiger charge is 2.28. The Kier molecular flexibility index (Phi) is 7.02. The second kappa shape index (κ2) is 11.4. The van der Waals surface area contributed by atoms with Crippen molar-refractivity contribution < 1.29 is 9.21 Å². The highest BCUT2D eigenvalue weighted by Crippen LogP contribution is 2.40. The Labute approximate surface area is 263 Å². The smallest absolute Gasteiger partial charge is 0.250 e. The van der Waals surface area contributed by atoms with Crippen LogP contribution in [0.1, 0.15) is 63.6 Å². The number of carbonyl (C=O) groups is 1. The number of nitrogens with zero attached hydrogens (tertiary/aromatic N) is 2. The first-order valence-corrected chi connectivity index (χ1v) is 16.2. The molecule has 4 N–H and O–H groups in total. The number of amides is 1. The number of pyridine rings is 1. The number of aromatic nitrogens is 1. The van der Waals surface area contributed by atoms with E-state index in [0.717, 1.165) is 74.9 Å². The minimum atomic E-state index is -0.466. The topological polar surface area (TPSA) is 98.4 Å². The van der Waals surface area contributed by atoms with Gasteiger partial charge in [-0.05, 0) is 132 Å². The van der Waals surface area contributed by atoms with Crippen molar-refractivity contribution in [1.82, 2.24) is 9.88 Å². The molecule has 4 aromatic carbocycles. The summed E-state index contributed by atoms with van der Waals surface area (Å²) in [6.45, 7) is 2.86. The lowest BCUT2D eigenvalue weighted by molar-refractivity contribution is 0.100. The number of likely N-dealkylation sites (tertiary alicyclic amines) is 1. The number of piperidine rings is 1. The van der Waals surface area contributed by atoms with E-state index in [1.54, 1.807) is 6.20 Å². The summed E-state index contributed by atoms with van der Waals surface area (Å²) in [5.74, 6) is 1.61. The fraction of sp³-hybridized carbons (Fsp3) is 0.282. The molecule has 1 aliphatic carbocycles. The molecule has 1 amide bonds. The van der Waals surface area contributed by atoms with Gasteiger partial charge < -0.3 is 15.9 Å². The number of carbonyl (C=O) groups excluding carboxylic acids is 1. The van der Waals surface area contributed by atoms with Gasteiger partial charge in [0.05, 0.1) is 23.9 Å². The molecule has 226 valence electrons. The first kappa shape index (κ1) is 27.8. The number of benzene rings is 4. The summed E-state index contributed by atoms with van der Waals surface area (Å²) in [6, 6.07) is 25.8. The molecular formula is C39H38N4O2. The monoisotopic (exact) mass is 594 g/mol. The minimum absolute atomic E-state index is 0.448. The van der Waals surface area contributed by atoms with Crippen LogP contribution in [-0.4, -0.2) is 28.9 Å². The third kappa shape index (κ3) is 5.03. The molecule has 0 radical (unpaired) electrons. The van der Waals surface area contributed by atoms with Crippen LogP contribution in [-0.2, 0) is 25.8 Å². The predicted molar refractivity (Wildman–Crippen MR) is 181 cm³/mol. The average Bonchev–Trinajstić information content (AvgIpc) is 3.54. The van der Waals surface area contributed by atoms with Crippen LogP contribution in [0.5, 0.6) is 0 Å². The van der Waals surface area contributed by atoms with Gasteiger partial charge in [0, 0.05) is 17.3 Å². The lowest BCUT2D eigenvalue weighted by atomic mass is 9.78. The lowest BCUT2D eigenvalue weighted by Gasteiger charge is -2.32. The third-order valence-electron chi connectivity index (χ3n) is 10.4. The second-order valence-corrected chi connectivity index (χ2v) is 13.0. The molecule has 6 nitrogen and oxygen atoms in total. The van der Waals surface area contributed by atoms with Crippen molar-refractivity contribution in [2.75, 3.05) is 18.8 Å². The number of nitrogen functional groups attached to an aromatic ring is 1. The van der Waals surface area contributed by atoms with E-state index in [4.69, 9.17) is 15.9 Å². The average molecular weight is 595 g/mol. The summed E-state index contributed by atoms with van der Waals surface area (Å²) in [6.07, 6.45) is 9.84. The third-order valence-corrected chi connectivity index (χ3v) is 10.4. The van der Waals surface area contributed by atoms with Gasteiger partial charge in [-0.2, -0.15) is 0 Å². The first-order chi connectivity index (χ1) is 22.0. The number of anilines is 1. The van der Waals surface area contributed by atoms with Crippen LogP contribution in [0.25, 0.3) is 32.4 Å². The van der Waals surface area contributed by atoms with Crippen molar-refractivity contribution in [2.45, 2.75) is 51.0 Å². The Morgan fingerprint density at radius 3 is 2.60 bits per heavy atom. The zero-order chi connectivity index (χ0) is 30.5. The summed E-state index contributed by atoms with van der Waals surface area (Å²) in [5, 5.41) is 6.19. The second-order valence-electron chi connectivity index (χ2n) is 13.0. The van der Waals surface area contributed by atoms with Gasteiger partial charge in [0.2, 0.25) is 0 Å². The van der Waals surface area contributed by atoms with Gasteiger partial charge in [0.25, 0.3) is 5.91 Å². The molecule has 0 bridgehead atoms. The van der Waals surface area contributed by atoms with Crippen molar-refractivity contribution in [3.05, 3.63) is 119 Å². The summed E-state index contributed by atoms with van der Waals surface area (Å²) in [5.41, 5.74) is 19.4. The van der Waals surface area contributed by atoms with Crippen LogP contribution in [0.15, 0.2) is 89.7 Å². The largest absolute Gasteiger partial charge is 0.468 e. The fourth-order valence-electron chi connectivity index (χ4n) is 8.01. The molecule has 8 rings (SSSR count). The van der Waals surface area contributed by atoms with Crippen LogP contribution in [0.4, 0.5) is 5.69 Å². The molecule has 6 heteroatoms. The molecule has 2 aliphatic rings. The molecule has 1 unspecified atom stereocenters. The maximum Gasteiger partial charge on any atom is 0.250 e. The van der Waals surface area contributed by atoms with Gasteiger partial charge in [-0.1, -0.05) is 48.5 Å². The molecule has 1 fully saturated rings. The van der Waals surface area contributed by atoms with Crippen LogP contribution in [0, 0.1) is 5.92 Å². The Balaban J connectivity index is 0.962. The molecule has 1 saturated heterocycles. The van der Waals surface area contributed by atoms with Crippen LogP contribution in [0.2, 0.25) is 0 Å². The van der Waals surface area contributed by atoms with Crippen LogP contribution >= 0.6 is 0 Å². The molecule has 1 atom stereocenters. The number of aryl methyl sites for hydroxylation is 1. The van der Waals surface area contributed by atoms with Crippen molar-refractivity contribution in [3.8, 4) is 0 Å². The number of rotatable bonds is 6. The molecule has 0 saturated carbocycles. The van der Waals surface area contributed by atoms with Gasteiger partial charge in [0.1, 0.15) is 5.76 Å². The van der Waals surface area contributed by atoms with Crippen LogP contribution < -0.4 is 11.5 Å². The highest BCUT2D eigenvalue weighted by molar-refractivity contribution is 6.09. The number of hydrogen-bond acceptors (Lipinski definition) is 5. The van der Waals surface area contributed by atoms with Crippen molar-refractivity contribution in [3.63, 3.8) is 0 Å². The number of furan rings is 1. The maximum atomic E-state index is 12.2. The predicted octanol–water partition coefficient (Wildman–Crippen LogP) is 7.54. The zero-order valence-corrected chi connectivity index (χ0v) is 25.5. The summed E-state index contributed by atoms with van der Waals surface area (Å²) < 4.78 is 6.16. The van der Waals surface area contributed by atoms with E-state index >= 15 is 0 Å². The maximum absolute atomic E-state index is 12.2. The molecule has 2 aromatic heterocycles. The quantitative estimate of drug-likeness (QED) is 0.153.